The van der Waals surface area contributed by atoms with Gasteiger partial charge in [-0.1, -0.05) is 25.4 Å². The molecule has 0 amide bonds. The van der Waals surface area contributed by atoms with E-state index in [0.717, 1.165) is 12.5 Å². The number of hydrogen-bond acceptors (Lipinski definition) is 3. The van der Waals surface area contributed by atoms with E-state index in [0.29, 0.717) is 12.3 Å². The van der Waals surface area contributed by atoms with Crippen molar-refractivity contribution in [3.8, 4) is 0 Å². The van der Waals surface area contributed by atoms with Gasteiger partial charge in [0.1, 0.15) is 5.82 Å². The molecule has 1 rings (SSSR count). The second kappa shape index (κ2) is 7.54. The summed E-state index contributed by atoms with van der Waals surface area (Å²) in [5, 5.41) is 8.83. The highest BCUT2D eigenvalue weighted by Crippen LogP contribution is 2.24. The average Bonchev–Trinajstić information content (AvgIpc) is 2.38. The standard InChI is InChI=1S/C14H21ClFNO3S/c1-9(2)4-5-10(3)17-21(19,20)12-6-11(8-18)14(15)13(16)7-12/h6-7,9-10,17-18H,4-5,8H2,1-3H3. The van der Waals surface area contributed by atoms with Gasteiger partial charge in [-0.3, -0.25) is 0 Å². The van der Waals surface area contributed by atoms with Crippen molar-refractivity contribution >= 4 is 21.6 Å². The van der Waals surface area contributed by atoms with Crippen molar-refractivity contribution in [1.82, 2.24) is 4.72 Å². The average molecular weight is 338 g/mol. The first kappa shape index (κ1) is 18.4. The number of sulfonamides is 1. The molecule has 0 aliphatic carbocycles. The smallest absolute Gasteiger partial charge is 0.240 e. The number of hydrogen-bond donors (Lipinski definition) is 2. The molecule has 21 heavy (non-hydrogen) atoms. The Kier molecular flexibility index (Phi) is 6.59. The lowest BCUT2D eigenvalue weighted by molar-refractivity contribution is 0.281. The van der Waals surface area contributed by atoms with Crippen LogP contribution in [0.3, 0.4) is 0 Å². The maximum absolute atomic E-state index is 13.6. The fourth-order valence-corrected chi connectivity index (χ4v) is 3.37. The Balaban J connectivity index is 2.95. The zero-order valence-electron chi connectivity index (χ0n) is 12.4. The van der Waals surface area contributed by atoms with Gasteiger partial charge in [-0.15, -0.1) is 0 Å². The van der Waals surface area contributed by atoms with Crippen molar-refractivity contribution in [3.05, 3.63) is 28.5 Å². The second-order valence-corrected chi connectivity index (χ2v) is 7.62. The van der Waals surface area contributed by atoms with Crippen molar-refractivity contribution in [2.45, 2.75) is 51.2 Å². The Morgan fingerprint density at radius 3 is 2.43 bits per heavy atom. The van der Waals surface area contributed by atoms with Crippen LogP contribution in [-0.4, -0.2) is 19.6 Å². The summed E-state index contributed by atoms with van der Waals surface area (Å²) in [7, 11) is -3.84. The molecule has 0 saturated heterocycles. The first-order valence-electron chi connectivity index (χ1n) is 6.78. The van der Waals surface area contributed by atoms with Gasteiger partial charge in [0.2, 0.25) is 10.0 Å². The topological polar surface area (TPSA) is 66.4 Å². The molecule has 1 aromatic rings. The van der Waals surface area contributed by atoms with E-state index in [1.54, 1.807) is 6.92 Å². The molecule has 0 saturated carbocycles. The van der Waals surface area contributed by atoms with Gasteiger partial charge in [0.15, 0.2) is 0 Å². The molecule has 0 aliphatic heterocycles. The van der Waals surface area contributed by atoms with Gasteiger partial charge in [-0.2, -0.15) is 0 Å². The molecule has 0 heterocycles. The van der Waals surface area contributed by atoms with Crippen LogP contribution < -0.4 is 4.72 Å². The predicted octanol–water partition coefficient (Wildman–Crippen LogP) is 3.07. The molecule has 1 aromatic carbocycles. The zero-order chi connectivity index (χ0) is 16.2. The summed E-state index contributed by atoms with van der Waals surface area (Å²) in [6.45, 7) is 5.35. The van der Waals surface area contributed by atoms with E-state index < -0.39 is 22.4 Å². The van der Waals surface area contributed by atoms with Crippen LogP contribution in [0.15, 0.2) is 17.0 Å². The molecule has 0 fully saturated rings. The Hall–Kier alpha value is -0.690. The number of nitrogens with one attached hydrogen (secondary N) is 1. The molecule has 120 valence electrons. The van der Waals surface area contributed by atoms with Crippen LogP contribution in [0.4, 0.5) is 4.39 Å². The minimum atomic E-state index is -3.84. The van der Waals surface area contributed by atoms with Gasteiger partial charge < -0.3 is 5.11 Å². The maximum atomic E-state index is 13.6. The number of rotatable bonds is 7. The van der Waals surface area contributed by atoms with E-state index in [9.17, 15) is 12.8 Å². The van der Waals surface area contributed by atoms with Crippen LogP contribution in [0.1, 0.15) is 39.2 Å². The van der Waals surface area contributed by atoms with Crippen LogP contribution in [0, 0.1) is 11.7 Å². The SMILES string of the molecule is CC(C)CCC(C)NS(=O)(=O)c1cc(F)c(Cl)c(CO)c1. The fourth-order valence-electron chi connectivity index (χ4n) is 1.86. The molecule has 0 aliphatic rings. The Bertz CT molecular complexity index is 590. The largest absolute Gasteiger partial charge is 0.392 e. The van der Waals surface area contributed by atoms with Crippen LogP contribution >= 0.6 is 11.6 Å². The number of aliphatic hydroxyl groups is 1. The minimum Gasteiger partial charge on any atom is -0.392 e. The lowest BCUT2D eigenvalue weighted by atomic mass is 10.1. The minimum absolute atomic E-state index is 0.0480. The summed E-state index contributed by atoms with van der Waals surface area (Å²) in [6, 6.07) is 1.79. The van der Waals surface area contributed by atoms with Crippen LogP contribution in [-0.2, 0) is 16.6 Å². The van der Waals surface area contributed by atoms with Crippen molar-refractivity contribution < 1.29 is 17.9 Å². The summed E-state index contributed by atoms with van der Waals surface area (Å²) in [5.74, 6) is -0.385. The molecule has 2 N–H and O–H groups in total. The number of aliphatic hydroxyl groups excluding tert-OH is 1. The van der Waals surface area contributed by atoms with Gasteiger partial charge in [0.25, 0.3) is 0 Å². The summed E-state index contributed by atoms with van der Waals surface area (Å²) in [6.07, 6.45) is 1.58. The van der Waals surface area contributed by atoms with E-state index in [2.05, 4.69) is 18.6 Å². The van der Waals surface area contributed by atoms with Crippen molar-refractivity contribution in [1.29, 1.82) is 0 Å². The van der Waals surface area contributed by atoms with E-state index >= 15 is 0 Å². The molecular weight excluding hydrogens is 317 g/mol. The predicted molar refractivity (Wildman–Crippen MR) is 81.2 cm³/mol. The lowest BCUT2D eigenvalue weighted by Crippen LogP contribution is -2.33. The Morgan fingerprint density at radius 1 is 1.29 bits per heavy atom. The summed E-state index contributed by atoms with van der Waals surface area (Å²) >= 11 is 5.66. The fraction of sp³-hybridized carbons (Fsp3) is 0.571. The van der Waals surface area contributed by atoms with Gasteiger partial charge in [-0.05, 0) is 37.8 Å². The third-order valence-electron chi connectivity index (χ3n) is 3.09. The van der Waals surface area contributed by atoms with Crippen molar-refractivity contribution in [2.75, 3.05) is 0 Å². The molecule has 0 aromatic heterocycles. The van der Waals surface area contributed by atoms with Gasteiger partial charge in [0.05, 0.1) is 16.5 Å². The van der Waals surface area contributed by atoms with Crippen molar-refractivity contribution in [2.24, 2.45) is 5.92 Å². The molecule has 1 unspecified atom stereocenters. The summed E-state index contributed by atoms with van der Waals surface area (Å²) in [4.78, 5) is -0.232. The second-order valence-electron chi connectivity index (χ2n) is 5.53. The van der Waals surface area contributed by atoms with E-state index in [1.807, 2.05) is 0 Å². The number of benzene rings is 1. The summed E-state index contributed by atoms with van der Waals surface area (Å²) < 4.78 is 40.6. The van der Waals surface area contributed by atoms with Crippen LogP contribution in [0.25, 0.3) is 0 Å². The normalized spacial score (nSPS) is 13.7. The van der Waals surface area contributed by atoms with E-state index in [-0.39, 0.29) is 21.5 Å². The highest BCUT2D eigenvalue weighted by molar-refractivity contribution is 7.89. The van der Waals surface area contributed by atoms with Gasteiger partial charge >= 0.3 is 0 Å². The molecule has 1 atom stereocenters. The van der Waals surface area contributed by atoms with Gasteiger partial charge in [0, 0.05) is 11.6 Å². The molecular formula is C14H21ClFNO3S. The first-order valence-corrected chi connectivity index (χ1v) is 8.64. The maximum Gasteiger partial charge on any atom is 0.240 e. The zero-order valence-corrected chi connectivity index (χ0v) is 13.9. The van der Waals surface area contributed by atoms with E-state index in [1.165, 1.54) is 6.07 Å². The molecule has 0 bridgehead atoms. The van der Waals surface area contributed by atoms with E-state index in [4.69, 9.17) is 16.7 Å². The molecule has 7 heteroatoms. The highest BCUT2D eigenvalue weighted by Gasteiger charge is 2.21. The third-order valence-corrected chi connectivity index (χ3v) is 5.08. The highest BCUT2D eigenvalue weighted by atomic mass is 35.5. The molecule has 0 spiro atoms. The Labute approximate surface area is 130 Å². The summed E-state index contributed by atoms with van der Waals surface area (Å²) in [5.41, 5.74) is 0.0480. The third kappa shape index (κ3) is 5.21. The lowest BCUT2D eigenvalue weighted by Gasteiger charge is -2.16. The van der Waals surface area contributed by atoms with Crippen molar-refractivity contribution in [3.63, 3.8) is 0 Å². The quantitative estimate of drug-likeness (QED) is 0.803. The van der Waals surface area contributed by atoms with Gasteiger partial charge in [-0.25, -0.2) is 17.5 Å². The van der Waals surface area contributed by atoms with Crippen LogP contribution in [0.5, 0.6) is 0 Å². The van der Waals surface area contributed by atoms with Crippen LogP contribution in [0.2, 0.25) is 5.02 Å². The monoisotopic (exact) mass is 337 g/mol. The molecule has 4 nitrogen and oxygen atoms in total. The first-order chi connectivity index (χ1) is 9.67. The Morgan fingerprint density at radius 2 is 1.90 bits per heavy atom. The number of halogens is 2. The molecule has 0 radical (unpaired) electrons.